The molecule has 0 aliphatic heterocycles. The third-order valence-electron chi connectivity index (χ3n) is 2.32. The molecule has 0 aliphatic rings. The zero-order chi connectivity index (χ0) is 12.3. The van der Waals surface area contributed by atoms with Crippen LogP contribution in [0.1, 0.15) is 5.69 Å². The second-order valence-electron chi connectivity index (χ2n) is 3.43. The molecule has 1 radical (unpaired) electrons. The van der Waals surface area contributed by atoms with Crippen molar-refractivity contribution in [2.24, 2.45) is 0 Å². The first kappa shape index (κ1) is 12.0. The Hall–Kier alpha value is -1.44. The third-order valence-corrected chi connectivity index (χ3v) is 2.63. The van der Waals surface area contributed by atoms with Crippen LogP contribution in [0.4, 0.5) is 8.78 Å². The Morgan fingerprint density at radius 3 is 2.76 bits per heavy atom. The summed E-state index contributed by atoms with van der Waals surface area (Å²) in [6.45, 7) is -0.646. The fraction of sp³-hybridized carbons (Fsp3) is 0.0833. The predicted octanol–water partition coefficient (Wildman–Crippen LogP) is 2.55. The highest BCUT2D eigenvalue weighted by atomic mass is 27.1. The van der Waals surface area contributed by atoms with Crippen molar-refractivity contribution in [3.8, 4) is 17.0 Å². The molecule has 5 heteroatoms. The average Bonchev–Trinajstić information content (AvgIpc) is 2.39. The number of rotatable bonds is 3. The number of pyridine rings is 1. The highest BCUT2D eigenvalue weighted by Gasteiger charge is 2.08. The van der Waals surface area contributed by atoms with Gasteiger partial charge in [0.2, 0.25) is 0 Å². The van der Waals surface area contributed by atoms with Gasteiger partial charge in [-0.15, -0.1) is 0 Å². The number of aromatic nitrogens is 1. The van der Waals surface area contributed by atoms with Crippen LogP contribution in [-0.2, 0) is 6.67 Å². The fourth-order valence-electron chi connectivity index (χ4n) is 1.53. The molecule has 0 unspecified atom stereocenters. The van der Waals surface area contributed by atoms with Gasteiger partial charge in [-0.2, -0.15) is 0 Å². The summed E-state index contributed by atoms with van der Waals surface area (Å²) in [6.07, 6.45) is 0. The second-order valence-corrected chi connectivity index (χ2v) is 3.72. The standard InChI is InChI=1S/C12H9F2NO.Al.H/c13-7-9-2-1-3-11(15-9)10-6-8(14)4-5-12(10)16;;/h1-6,16H,7H2;;/q;+1;/p-1. The second kappa shape index (κ2) is 5.26. The van der Waals surface area contributed by atoms with E-state index in [0.717, 1.165) is 0 Å². The van der Waals surface area contributed by atoms with Crippen molar-refractivity contribution in [2.75, 3.05) is 0 Å². The molecule has 1 aromatic carbocycles. The molecule has 0 aliphatic carbocycles. The van der Waals surface area contributed by atoms with Crippen LogP contribution in [0.25, 0.3) is 11.3 Å². The van der Waals surface area contributed by atoms with E-state index in [0.29, 0.717) is 22.7 Å². The first-order chi connectivity index (χ1) is 8.24. The van der Waals surface area contributed by atoms with Crippen molar-refractivity contribution in [3.63, 3.8) is 0 Å². The van der Waals surface area contributed by atoms with Crippen molar-refractivity contribution in [3.05, 3.63) is 47.9 Å². The molecule has 0 saturated carbocycles. The molecule has 2 nitrogen and oxygen atoms in total. The summed E-state index contributed by atoms with van der Waals surface area (Å²) in [5.74, 6) is 0.143. The number of nitrogens with zero attached hydrogens (tertiary/aromatic N) is 1. The van der Waals surface area contributed by atoms with E-state index in [-0.39, 0.29) is 5.82 Å². The molecule has 2 rings (SSSR count). The van der Waals surface area contributed by atoms with Gasteiger partial charge in [-0.25, -0.2) is 13.8 Å². The monoisotopic (exact) mass is 248 g/mol. The van der Waals surface area contributed by atoms with Crippen LogP contribution in [0.15, 0.2) is 36.4 Å². The van der Waals surface area contributed by atoms with Crippen molar-refractivity contribution in [1.82, 2.24) is 4.98 Å². The van der Waals surface area contributed by atoms with E-state index in [1.165, 1.54) is 34.8 Å². The summed E-state index contributed by atoms with van der Waals surface area (Å²) < 4.78 is 30.9. The van der Waals surface area contributed by atoms with Crippen LogP contribution in [0, 0.1) is 5.82 Å². The van der Waals surface area contributed by atoms with Gasteiger partial charge in [0, 0.05) is 5.56 Å². The average molecular weight is 248 g/mol. The minimum absolute atomic E-state index is 0.316. The van der Waals surface area contributed by atoms with E-state index >= 15 is 0 Å². The van der Waals surface area contributed by atoms with Gasteiger partial charge < -0.3 is 3.79 Å². The van der Waals surface area contributed by atoms with E-state index in [1.54, 1.807) is 18.2 Å². The lowest BCUT2D eigenvalue weighted by Crippen LogP contribution is -1.94. The molecule has 0 fully saturated rings. The number of alkyl halides is 1. The molecule has 85 valence electrons. The van der Waals surface area contributed by atoms with Crippen molar-refractivity contribution < 1.29 is 12.6 Å². The van der Waals surface area contributed by atoms with Crippen LogP contribution >= 0.6 is 0 Å². The van der Waals surface area contributed by atoms with Gasteiger partial charge in [0.25, 0.3) is 0 Å². The summed E-state index contributed by atoms with van der Waals surface area (Å²) in [5, 5.41) is 0. The SMILES string of the molecule is FCc1cccc(-c2cc(F)ccc2[O][AlH])n1. The Bertz CT molecular complexity index is 534. The highest BCUT2D eigenvalue weighted by molar-refractivity contribution is 6.00. The minimum Gasteiger partial charge on any atom is -0.650 e. The molecule has 0 N–H and O–H groups in total. The van der Waals surface area contributed by atoms with Crippen molar-refractivity contribution >= 4 is 16.6 Å². The predicted molar refractivity (Wildman–Crippen MR) is 62.2 cm³/mol. The normalized spacial score (nSPS) is 10.2. The van der Waals surface area contributed by atoms with Gasteiger partial charge in [0.1, 0.15) is 12.5 Å². The third kappa shape index (κ3) is 2.63. The smallest absolute Gasteiger partial charge is 0.494 e. The van der Waals surface area contributed by atoms with Crippen molar-refractivity contribution in [1.29, 1.82) is 0 Å². The molecule has 1 aromatic heterocycles. The van der Waals surface area contributed by atoms with E-state index < -0.39 is 6.67 Å². The van der Waals surface area contributed by atoms with Gasteiger partial charge in [0.15, 0.2) is 0 Å². The van der Waals surface area contributed by atoms with E-state index in [9.17, 15) is 8.78 Å². The Kier molecular flexibility index (Phi) is 3.72. The summed E-state index contributed by atoms with van der Waals surface area (Å²) in [6, 6.07) is 9.13. The summed E-state index contributed by atoms with van der Waals surface area (Å²) in [5.41, 5.74) is 1.34. The Labute approximate surface area is 106 Å². The Morgan fingerprint density at radius 2 is 2.06 bits per heavy atom. The molecular formula is C12H9AlF2NO. The maximum atomic E-state index is 13.2. The lowest BCUT2D eigenvalue weighted by atomic mass is 10.1. The number of halogens is 2. The molecule has 17 heavy (non-hydrogen) atoms. The van der Waals surface area contributed by atoms with E-state index in [1.807, 2.05) is 0 Å². The largest absolute Gasteiger partial charge is 0.650 e. The van der Waals surface area contributed by atoms with E-state index in [2.05, 4.69) is 4.98 Å². The van der Waals surface area contributed by atoms with E-state index in [4.69, 9.17) is 3.79 Å². The summed E-state index contributed by atoms with van der Waals surface area (Å²) in [4.78, 5) is 4.09. The zero-order valence-corrected chi connectivity index (χ0v) is 10.4. The summed E-state index contributed by atoms with van der Waals surface area (Å²) >= 11 is 1.30. The lowest BCUT2D eigenvalue weighted by Gasteiger charge is -2.10. The Balaban J connectivity index is 2.54. The summed E-state index contributed by atoms with van der Waals surface area (Å²) in [7, 11) is 0. The molecule has 2 aromatic rings. The molecule has 0 saturated heterocycles. The fourth-order valence-corrected chi connectivity index (χ4v) is 1.78. The number of hydrogen-bond donors (Lipinski definition) is 0. The highest BCUT2D eigenvalue weighted by Crippen LogP contribution is 2.29. The molecule has 0 spiro atoms. The molecule has 0 bridgehead atoms. The number of benzene rings is 1. The zero-order valence-electron chi connectivity index (χ0n) is 8.99. The van der Waals surface area contributed by atoms with Crippen LogP contribution in [0.3, 0.4) is 0 Å². The minimum atomic E-state index is -0.646. The molecular weight excluding hydrogens is 239 g/mol. The van der Waals surface area contributed by atoms with Crippen LogP contribution in [0.5, 0.6) is 5.75 Å². The molecule has 1 heterocycles. The molecule has 0 atom stereocenters. The first-order valence-electron chi connectivity index (χ1n) is 4.98. The number of hydrogen-bond acceptors (Lipinski definition) is 2. The van der Waals surface area contributed by atoms with Crippen LogP contribution in [0.2, 0.25) is 0 Å². The van der Waals surface area contributed by atoms with Gasteiger partial charge in [-0.1, -0.05) is 6.07 Å². The van der Waals surface area contributed by atoms with Gasteiger partial charge in [-0.3, -0.25) is 0 Å². The molecule has 0 amide bonds. The maximum Gasteiger partial charge on any atom is 0.494 e. The Morgan fingerprint density at radius 1 is 1.24 bits per heavy atom. The van der Waals surface area contributed by atoms with Crippen LogP contribution < -0.4 is 3.79 Å². The maximum absolute atomic E-state index is 13.2. The quantitative estimate of drug-likeness (QED) is 0.779. The van der Waals surface area contributed by atoms with Gasteiger partial charge in [-0.05, 0) is 30.3 Å². The topological polar surface area (TPSA) is 22.1 Å². The van der Waals surface area contributed by atoms with Crippen molar-refractivity contribution in [2.45, 2.75) is 6.67 Å². The van der Waals surface area contributed by atoms with Gasteiger partial charge in [0.05, 0.1) is 17.1 Å². The lowest BCUT2D eigenvalue weighted by molar-refractivity contribution is 0.476. The van der Waals surface area contributed by atoms with Gasteiger partial charge >= 0.3 is 16.6 Å². The first-order valence-corrected chi connectivity index (χ1v) is 5.56. The van der Waals surface area contributed by atoms with Crippen LogP contribution in [-0.4, -0.2) is 21.6 Å².